The molecule has 1 rings (SSSR count). The van der Waals surface area contributed by atoms with Crippen LogP contribution in [0.25, 0.3) is 0 Å². The fourth-order valence-electron chi connectivity index (χ4n) is 1.82. The molecule has 0 spiro atoms. The third-order valence-corrected chi connectivity index (χ3v) is 2.56. The van der Waals surface area contributed by atoms with Crippen molar-refractivity contribution >= 4 is 5.84 Å². The first-order valence-electron chi connectivity index (χ1n) is 5.87. The number of rotatable bonds is 4. The van der Waals surface area contributed by atoms with E-state index in [1.807, 2.05) is 0 Å². The number of hydrazine groups is 1. The number of nitrogens with zero attached hydrogens (tertiary/aromatic N) is 1. The molecule has 0 aliphatic carbocycles. The second-order valence-electron chi connectivity index (χ2n) is 4.34. The summed E-state index contributed by atoms with van der Waals surface area (Å²) in [7, 11) is 0. The van der Waals surface area contributed by atoms with Crippen molar-refractivity contribution in [2.75, 3.05) is 6.61 Å². The fourth-order valence-corrected chi connectivity index (χ4v) is 1.82. The van der Waals surface area contributed by atoms with Crippen LogP contribution in [0.2, 0.25) is 0 Å². The summed E-state index contributed by atoms with van der Waals surface area (Å²) in [5.41, 5.74) is 2.67. The number of nitrogens with two attached hydrogens (primary N) is 1. The highest BCUT2D eigenvalue weighted by Gasteiger charge is 2.14. The van der Waals surface area contributed by atoms with E-state index in [9.17, 15) is 0 Å². The Labute approximate surface area is 92.3 Å². The van der Waals surface area contributed by atoms with E-state index in [1.54, 1.807) is 0 Å². The van der Waals surface area contributed by atoms with E-state index < -0.39 is 0 Å². The van der Waals surface area contributed by atoms with Gasteiger partial charge in [0.25, 0.3) is 0 Å². The van der Waals surface area contributed by atoms with Crippen LogP contribution in [0.5, 0.6) is 0 Å². The van der Waals surface area contributed by atoms with Crippen molar-refractivity contribution in [2.45, 2.75) is 58.1 Å². The highest BCUT2D eigenvalue weighted by atomic mass is 16.5. The summed E-state index contributed by atoms with van der Waals surface area (Å²) in [6.45, 7) is 5.01. The number of amidine groups is 1. The van der Waals surface area contributed by atoms with E-state index in [2.05, 4.69) is 24.3 Å². The molecule has 1 atom stereocenters. The van der Waals surface area contributed by atoms with Crippen molar-refractivity contribution in [2.24, 2.45) is 10.8 Å². The molecule has 0 amide bonds. The molecule has 0 bridgehead atoms. The normalized spacial score (nSPS) is 23.2. The van der Waals surface area contributed by atoms with Crippen LogP contribution in [0.1, 0.15) is 46.0 Å². The van der Waals surface area contributed by atoms with E-state index in [1.165, 1.54) is 19.3 Å². The molecular formula is C11H23N3O. The minimum absolute atomic E-state index is 0.295. The van der Waals surface area contributed by atoms with Crippen molar-refractivity contribution in [1.82, 2.24) is 5.43 Å². The Bertz CT molecular complexity index is 198. The van der Waals surface area contributed by atoms with E-state index in [0.29, 0.717) is 12.1 Å². The highest BCUT2D eigenvalue weighted by Crippen LogP contribution is 2.16. The lowest BCUT2D eigenvalue weighted by molar-refractivity contribution is 0.0124. The minimum Gasteiger partial charge on any atom is -0.378 e. The minimum atomic E-state index is 0.295. The molecule has 15 heavy (non-hydrogen) atoms. The number of nitrogens with one attached hydrogen (secondary N) is 1. The summed E-state index contributed by atoms with van der Waals surface area (Å²) in [6.07, 6.45) is 5.99. The zero-order valence-corrected chi connectivity index (χ0v) is 9.83. The number of aliphatic imine (C=N–C) groups is 1. The van der Waals surface area contributed by atoms with Crippen molar-refractivity contribution in [3.63, 3.8) is 0 Å². The maximum absolute atomic E-state index is 5.65. The lowest BCUT2D eigenvalue weighted by Gasteiger charge is -2.22. The third kappa shape index (κ3) is 5.14. The summed E-state index contributed by atoms with van der Waals surface area (Å²) in [4.78, 5) is 4.40. The van der Waals surface area contributed by atoms with Gasteiger partial charge in [0.15, 0.2) is 0 Å². The van der Waals surface area contributed by atoms with Gasteiger partial charge in [-0.1, -0.05) is 0 Å². The van der Waals surface area contributed by atoms with Gasteiger partial charge in [-0.3, -0.25) is 4.99 Å². The van der Waals surface area contributed by atoms with Gasteiger partial charge in [0, 0.05) is 19.1 Å². The molecule has 0 radical (unpaired) electrons. The molecule has 0 saturated carbocycles. The Hall–Kier alpha value is -0.610. The van der Waals surface area contributed by atoms with Gasteiger partial charge < -0.3 is 10.2 Å². The Morgan fingerprint density at radius 2 is 2.33 bits per heavy atom. The third-order valence-electron chi connectivity index (χ3n) is 2.56. The van der Waals surface area contributed by atoms with Crippen molar-refractivity contribution < 1.29 is 4.74 Å². The van der Waals surface area contributed by atoms with Gasteiger partial charge in [-0.05, 0) is 39.5 Å². The second-order valence-corrected chi connectivity index (χ2v) is 4.34. The molecule has 88 valence electrons. The topological polar surface area (TPSA) is 59.6 Å². The lowest BCUT2D eigenvalue weighted by Crippen LogP contribution is -2.32. The molecule has 1 saturated heterocycles. The monoisotopic (exact) mass is 213 g/mol. The molecule has 4 heteroatoms. The SMILES string of the molecule is CC(C)N=C(CCC1CCCCO1)NN. The van der Waals surface area contributed by atoms with Crippen molar-refractivity contribution in [3.8, 4) is 0 Å². The average molecular weight is 213 g/mol. The van der Waals surface area contributed by atoms with E-state index in [-0.39, 0.29) is 0 Å². The van der Waals surface area contributed by atoms with Crippen LogP contribution >= 0.6 is 0 Å². The summed E-state index contributed by atoms with van der Waals surface area (Å²) < 4.78 is 5.65. The number of ether oxygens (including phenoxy) is 1. The largest absolute Gasteiger partial charge is 0.378 e. The van der Waals surface area contributed by atoms with Gasteiger partial charge in [-0.25, -0.2) is 5.84 Å². The molecule has 3 N–H and O–H groups in total. The van der Waals surface area contributed by atoms with Crippen LogP contribution in [-0.2, 0) is 4.74 Å². The molecule has 0 aromatic heterocycles. The van der Waals surface area contributed by atoms with Gasteiger partial charge in [0.1, 0.15) is 5.84 Å². The number of hydrogen-bond acceptors (Lipinski definition) is 3. The Morgan fingerprint density at radius 3 is 2.87 bits per heavy atom. The summed E-state index contributed by atoms with van der Waals surface area (Å²) in [5.74, 6) is 6.30. The van der Waals surface area contributed by atoms with E-state index in [0.717, 1.165) is 25.3 Å². The van der Waals surface area contributed by atoms with E-state index in [4.69, 9.17) is 10.6 Å². The molecule has 0 aromatic rings. The average Bonchev–Trinajstić information content (AvgIpc) is 2.25. The summed E-state index contributed by atoms with van der Waals surface area (Å²) in [5, 5.41) is 0. The summed E-state index contributed by atoms with van der Waals surface area (Å²) >= 11 is 0. The van der Waals surface area contributed by atoms with Crippen LogP contribution in [0.4, 0.5) is 0 Å². The van der Waals surface area contributed by atoms with Crippen LogP contribution in [0, 0.1) is 0 Å². The molecule has 1 unspecified atom stereocenters. The van der Waals surface area contributed by atoms with Crippen LogP contribution < -0.4 is 11.3 Å². The smallest absolute Gasteiger partial charge is 0.111 e. The first-order chi connectivity index (χ1) is 7.22. The highest BCUT2D eigenvalue weighted by molar-refractivity contribution is 5.81. The molecule has 4 nitrogen and oxygen atoms in total. The Balaban J connectivity index is 2.26. The summed E-state index contributed by atoms with van der Waals surface area (Å²) in [6, 6.07) is 0.295. The van der Waals surface area contributed by atoms with Gasteiger partial charge in [0.2, 0.25) is 0 Å². The number of hydrogen-bond donors (Lipinski definition) is 2. The van der Waals surface area contributed by atoms with Crippen LogP contribution in [0.15, 0.2) is 4.99 Å². The predicted molar refractivity (Wildman–Crippen MR) is 62.7 cm³/mol. The van der Waals surface area contributed by atoms with Crippen molar-refractivity contribution in [3.05, 3.63) is 0 Å². The van der Waals surface area contributed by atoms with E-state index >= 15 is 0 Å². The first kappa shape index (κ1) is 12.5. The maximum Gasteiger partial charge on any atom is 0.111 e. The Kier molecular flexibility index (Phi) is 5.65. The zero-order chi connectivity index (χ0) is 11.1. The lowest BCUT2D eigenvalue weighted by atomic mass is 10.0. The molecular weight excluding hydrogens is 190 g/mol. The standard InChI is InChI=1S/C11H23N3O/c1-9(2)13-11(14-12)7-6-10-5-3-4-8-15-10/h9-10H,3-8,12H2,1-2H3,(H,13,14). The molecule has 1 aliphatic heterocycles. The molecule has 1 fully saturated rings. The van der Waals surface area contributed by atoms with Gasteiger partial charge in [0.05, 0.1) is 6.10 Å². The predicted octanol–water partition coefficient (Wildman–Crippen LogP) is 1.61. The maximum atomic E-state index is 5.65. The zero-order valence-electron chi connectivity index (χ0n) is 9.83. The first-order valence-corrected chi connectivity index (χ1v) is 5.87. The van der Waals surface area contributed by atoms with Crippen LogP contribution in [-0.4, -0.2) is 24.6 Å². The van der Waals surface area contributed by atoms with Gasteiger partial charge in [-0.2, -0.15) is 0 Å². The Morgan fingerprint density at radius 1 is 1.53 bits per heavy atom. The molecule has 1 heterocycles. The second kappa shape index (κ2) is 6.80. The molecule has 0 aromatic carbocycles. The molecule has 1 aliphatic rings. The van der Waals surface area contributed by atoms with Gasteiger partial charge >= 0.3 is 0 Å². The fraction of sp³-hybridized carbons (Fsp3) is 0.909. The quantitative estimate of drug-likeness (QED) is 0.323. The van der Waals surface area contributed by atoms with Crippen LogP contribution in [0.3, 0.4) is 0 Å². The van der Waals surface area contributed by atoms with Crippen molar-refractivity contribution in [1.29, 1.82) is 0 Å². The van der Waals surface area contributed by atoms with Gasteiger partial charge in [-0.15, -0.1) is 0 Å².